The second-order valence-electron chi connectivity index (χ2n) is 9.90. The van der Waals surface area contributed by atoms with E-state index >= 15 is 0 Å². The van der Waals surface area contributed by atoms with Gasteiger partial charge in [-0.3, -0.25) is 4.79 Å². The highest BCUT2D eigenvalue weighted by molar-refractivity contribution is 7.89. The van der Waals surface area contributed by atoms with Gasteiger partial charge in [0.2, 0.25) is 15.9 Å². The van der Waals surface area contributed by atoms with Crippen molar-refractivity contribution in [2.45, 2.75) is 55.5 Å². The first-order valence-corrected chi connectivity index (χ1v) is 13.4. The molecular formula is C23H31FN4O4S. The summed E-state index contributed by atoms with van der Waals surface area (Å²) >= 11 is 0. The molecule has 2 bridgehead atoms. The molecule has 1 aromatic rings. The first-order chi connectivity index (χ1) is 15.8. The molecule has 3 amide bonds. The molecule has 0 spiro atoms. The van der Waals surface area contributed by atoms with E-state index in [9.17, 15) is 22.4 Å². The maximum Gasteiger partial charge on any atom is 0.320 e. The second kappa shape index (κ2) is 8.87. The lowest BCUT2D eigenvalue weighted by atomic mass is 9.76. The summed E-state index contributed by atoms with van der Waals surface area (Å²) in [7, 11) is -3.80. The van der Waals surface area contributed by atoms with E-state index < -0.39 is 15.8 Å². The zero-order chi connectivity index (χ0) is 23.2. The van der Waals surface area contributed by atoms with Crippen LogP contribution in [0.25, 0.3) is 0 Å². The molecule has 180 valence electrons. The minimum atomic E-state index is -3.80. The standard InChI is InChI=1S/C23H31FN4O4S/c24-18-3-1-4-20(12-18)33(31,32)25-19-7-9-26(10-8-19)23(30)27-13-16-11-17(15-27)21-5-2-6-22(29)28(21)14-16/h1,3-4,12,16-17,19,21,25H,2,5-11,13-15H2/t16-,17-,21-/m1/s1. The summed E-state index contributed by atoms with van der Waals surface area (Å²) in [4.78, 5) is 31.3. The largest absolute Gasteiger partial charge is 0.339 e. The minimum Gasteiger partial charge on any atom is -0.339 e. The third-order valence-corrected chi connectivity index (χ3v) is 9.16. The average molecular weight is 479 g/mol. The van der Waals surface area contributed by atoms with Gasteiger partial charge in [0.1, 0.15) is 5.82 Å². The Morgan fingerprint density at radius 1 is 1.06 bits per heavy atom. The lowest BCUT2D eigenvalue weighted by Crippen LogP contribution is -2.62. The summed E-state index contributed by atoms with van der Waals surface area (Å²) in [6, 6.07) is 4.97. The van der Waals surface area contributed by atoms with Crippen LogP contribution in [0.4, 0.5) is 9.18 Å². The number of rotatable bonds is 3. The Morgan fingerprint density at radius 3 is 2.61 bits per heavy atom. The Bertz CT molecular complexity index is 1030. The van der Waals surface area contributed by atoms with Gasteiger partial charge in [-0.2, -0.15) is 0 Å². The molecule has 4 heterocycles. The van der Waals surface area contributed by atoms with Crippen molar-refractivity contribution < 1.29 is 22.4 Å². The van der Waals surface area contributed by atoms with Crippen LogP contribution in [0.5, 0.6) is 0 Å². The number of amides is 3. The van der Waals surface area contributed by atoms with Gasteiger partial charge in [0.15, 0.2) is 0 Å². The maximum absolute atomic E-state index is 13.4. The molecule has 5 rings (SSSR count). The number of urea groups is 1. The van der Waals surface area contributed by atoms with Crippen molar-refractivity contribution in [3.63, 3.8) is 0 Å². The van der Waals surface area contributed by atoms with Crippen molar-refractivity contribution in [3.8, 4) is 0 Å². The number of sulfonamides is 1. The molecule has 4 fully saturated rings. The van der Waals surface area contributed by atoms with Gasteiger partial charge < -0.3 is 14.7 Å². The van der Waals surface area contributed by atoms with Crippen LogP contribution in [-0.2, 0) is 14.8 Å². The summed E-state index contributed by atoms with van der Waals surface area (Å²) in [5.74, 6) is 0.358. The Hall–Kier alpha value is -2.20. The third-order valence-electron chi connectivity index (χ3n) is 7.64. The van der Waals surface area contributed by atoms with Gasteiger partial charge >= 0.3 is 6.03 Å². The first-order valence-electron chi connectivity index (χ1n) is 11.9. The normalized spacial score (nSPS) is 28.6. The van der Waals surface area contributed by atoms with Gasteiger partial charge in [0, 0.05) is 51.2 Å². The number of nitrogens with one attached hydrogen (secondary N) is 1. The molecular weight excluding hydrogens is 447 g/mol. The Kier molecular flexibility index (Phi) is 6.07. The van der Waals surface area contributed by atoms with Gasteiger partial charge in [0.05, 0.1) is 4.90 Å². The fraction of sp³-hybridized carbons (Fsp3) is 0.652. The monoisotopic (exact) mass is 478 g/mol. The molecule has 4 saturated heterocycles. The average Bonchev–Trinajstić information content (AvgIpc) is 2.79. The van der Waals surface area contributed by atoms with E-state index in [1.807, 2.05) is 9.80 Å². The van der Waals surface area contributed by atoms with Crippen LogP contribution in [0.3, 0.4) is 0 Å². The number of hydrogen-bond acceptors (Lipinski definition) is 4. The molecule has 0 aliphatic carbocycles. The van der Waals surface area contributed by atoms with Crippen LogP contribution in [0.15, 0.2) is 29.2 Å². The highest BCUT2D eigenvalue weighted by Gasteiger charge is 2.45. The van der Waals surface area contributed by atoms with Crippen LogP contribution in [0.2, 0.25) is 0 Å². The van der Waals surface area contributed by atoms with Crippen molar-refractivity contribution >= 4 is 22.0 Å². The summed E-state index contributed by atoms with van der Waals surface area (Å²) < 4.78 is 41.2. The van der Waals surface area contributed by atoms with Gasteiger partial charge in [-0.15, -0.1) is 0 Å². The van der Waals surface area contributed by atoms with Crippen molar-refractivity contribution in [1.82, 2.24) is 19.4 Å². The fourth-order valence-corrected chi connectivity index (χ4v) is 7.41. The van der Waals surface area contributed by atoms with Gasteiger partial charge in [0.25, 0.3) is 0 Å². The van der Waals surface area contributed by atoms with Crippen LogP contribution in [-0.4, -0.2) is 79.9 Å². The maximum atomic E-state index is 13.4. The van der Waals surface area contributed by atoms with Crippen LogP contribution in [0, 0.1) is 17.7 Å². The predicted molar refractivity (Wildman–Crippen MR) is 119 cm³/mol. The number of hydrogen-bond donors (Lipinski definition) is 1. The number of carbonyl (C=O) groups excluding carboxylic acids is 2. The molecule has 4 aliphatic heterocycles. The number of nitrogens with zero attached hydrogens (tertiary/aromatic N) is 3. The van der Waals surface area contributed by atoms with Gasteiger partial charge in [-0.05, 0) is 62.1 Å². The first kappa shape index (κ1) is 22.6. The van der Waals surface area contributed by atoms with Crippen molar-refractivity contribution in [2.75, 3.05) is 32.7 Å². The van der Waals surface area contributed by atoms with Crippen molar-refractivity contribution in [1.29, 1.82) is 0 Å². The summed E-state index contributed by atoms with van der Waals surface area (Å²) in [5.41, 5.74) is 0. The van der Waals surface area contributed by atoms with Crippen LogP contribution < -0.4 is 4.72 Å². The molecule has 0 saturated carbocycles. The number of halogens is 1. The predicted octanol–water partition coefficient (Wildman–Crippen LogP) is 2.02. The number of likely N-dealkylation sites (tertiary alicyclic amines) is 2. The topological polar surface area (TPSA) is 90.0 Å². The molecule has 33 heavy (non-hydrogen) atoms. The summed E-state index contributed by atoms with van der Waals surface area (Å²) in [5, 5.41) is 0. The van der Waals surface area contributed by atoms with Crippen molar-refractivity contribution in [3.05, 3.63) is 30.1 Å². The molecule has 0 aromatic heterocycles. The molecule has 3 atom stereocenters. The van der Waals surface area contributed by atoms with E-state index in [2.05, 4.69) is 9.62 Å². The van der Waals surface area contributed by atoms with E-state index in [1.54, 1.807) is 0 Å². The molecule has 8 nitrogen and oxygen atoms in total. The lowest BCUT2D eigenvalue weighted by Gasteiger charge is -2.53. The number of benzene rings is 1. The third kappa shape index (κ3) is 4.59. The zero-order valence-electron chi connectivity index (χ0n) is 18.7. The zero-order valence-corrected chi connectivity index (χ0v) is 19.5. The van der Waals surface area contributed by atoms with Gasteiger partial charge in [-0.25, -0.2) is 22.3 Å². The van der Waals surface area contributed by atoms with Gasteiger partial charge in [-0.1, -0.05) is 6.07 Å². The van der Waals surface area contributed by atoms with E-state index in [0.29, 0.717) is 57.3 Å². The molecule has 4 aliphatic rings. The Morgan fingerprint density at radius 2 is 1.85 bits per heavy atom. The smallest absolute Gasteiger partial charge is 0.320 e. The second-order valence-corrected chi connectivity index (χ2v) is 11.6. The van der Waals surface area contributed by atoms with E-state index in [4.69, 9.17) is 0 Å². The molecule has 1 aromatic carbocycles. The molecule has 0 unspecified atom stereocenters. The number of carbonyl (C=O) groups is 2. The Labute approximate surface area is 194 Å². The summed E-state index contributed by atoms with van der Waals surface area (Å²) in [6.45, 7) is 3.09. The molecule has 1 N–H and O–H groups in total. The van der Waals surface area contributed by atoms with E-state index in [0.717, 1.165) is 31.9 Å². The van der Waals surface area contributed by atoms with E-state index in [-0.39, 0.29) is 28.9 Å². The highest BCUT2D eigenvalue weighted by atomic mass is 32.2. The van der Waals surface area contributed by atoms with E-state index in [1.165, 1.54) is 18.2 Å². The van der Waals surface area contributed by atoms with Crippen LogP contribution >= 0.6 is 0 Å². The quantitative estimate of drug-likeness (QED) is 0.720. The summed E-state index contributed by atoms with van der Waals surface area (Å²) in [6.07, 6.45) is 4.74. The Balaban J connectivity index is 1.16. The lowest BCUT2D eigenvalue weighted by molar-refractivity contribution is -0.144. The highest BCUT2D eigenvalue weighted by Crippen LogP contribution is 2.38. The number of piperidine rings is 4. The SMILES string of the molecule is O=C(N1CCC(NS(=O)(=O)c2cccc(F)c2)CC1)N1C[C@H]2C[C@H](C1)[C@H]1CCCC(=O)N1C2. The number of fused-ring (bicyclic) bond motifs is 4. The fourth-order valence-electron chi connectivity index (χ4n) is 6.08. The molecule has 0 radical (unpaired) electrons. The van der Waals surface area contributed by atoms with Crippen LogP contribution in [0.1, 0.15) is 38.5 Å². The molecule has 10 heteroatoms. The minimum absolute atomic E-state index is 0.0201. The van der Waals surface area contributed by atoms with Crippen molar-refractivity contribution in [2.24, 2.45) is 11.8 Å².